The summed E-state index contributed by atoms with van der Waals surface area (Å²) in [6, 6.07) is 0. The van der Waals surface area contributed by atoms with E-state index < -0.39 is 0 Å². The van der Waals surface area contributed by atoms with Crippen molar-refractivity contribution < 1.29 is 4.39 Å². The lowest BCUT2D eigenvalue weighted by molar-refractivity contribution is 0.219. The van der Waals surface area contributed by atoms with Gasteiger partial charge in [-0.1, -0.05) is 32.1 Å². The van der Waals surface area contributed by atoms with Crippen LogP contribution in [0.4, 0.5) is 4.39 Å². The van der Waals surface area contributed by atoms with Gasteiger partial charge < -0.3 is 0 Å². The van der Waals surface area contributed by atoms with E-state index in [1.165, 1.54) is 37.8 Å². The summed E-state index contributed by atoms with van der Waals surface area (Å²) in [6.45, 7) is 10.1. The molecular formula is C15H23F. The van der Waals surface area contributed by atoms with Crippen molar-refractivity contribution in [2.24, 2.45) is 11.3 Å². The molecule has 0 unspecified atom stereocenters. The second kappa shape index (κ2) is 5.47. The van der Waals surface area contributed by atoms with Gasteiger partial charge in [0.15, 0.2) is 0 Å². The Labute approximate surface area is 98.9 Å². The summed E-state index contributed by atoms with van der Waals surface area (Å²) in [5.74, 6) is 0.641. The van der Waals surface area contributed by atoms with E-state index in [9.17, 15) is 4.39 Å². The fourth-order valence-corrected chi connectivity index (χ4v) is 2.34. The van der Waals surface area contributed by atoms with Gasteiger partial charge in [-0.15, -0.1) is 0 Å². The Morgan fingerprint density at radius 2 is 1.94 bits per heavy atom. The molecule has 0 aromatic rings. The highest BCUT2D eigenvalue weighted by molar-refractivity contribution is 5.24. The molecule has 0 spiro atoms. The lowest BCUT2D eigenvalue weighted by atomic mass is 9.68. The largest absolute Gasteiger partial charge is 0.207 e. The van der Waals surface area contributed by atoms with Crippen molar-refractivity contribution in [1.29, 1.82) is 0 Å². The second-order valence-electron chi connectivity index (χ2n) is 5.36. The van der Waals surface area contributed by atoms with E-state index in [0.717, 1.165) is 11.5 Å². The minimum atomic E-state index is -0.188. The van der Waals surface area contributed by atoms with Crippen LogP contribution in [0.1, 0.15) is 46.5 Å². The smallest absolute Gasteiger partial charge is 0.123 e. The molecule has 1 saturated carbocycles. The molecule has 0 heterocycles. The molecule has 0 aromatic carbocycles. The maximum Gasteiger partial charge on any atom is 0.123 e. The molecule has 0 radical (unpaired) electrons. The van der Waals surface area contributed by atoms with Gasteiger partial charge in [0.1, 0.15) is 5.83 Å². The first-order valence-corrected chi connectivity index (χ1v) is 6.15. The van der Waals surface area contributed by atoms with Crippen molar-refractivity contribution in [2.45, 2.75) is 46.5 Å². The summed E-state index contributed by atoms with van der Waals surface area (Å²) in [5.41, 5.74) is 1.36. The van der Waals surface area contributed by atoms with Crippen molar-refractivity contribution in [3.05, 3.63) is 36.2 Å². The van der Waals surface area contributed by atoms with E-state index in [0.29, 0.717) is 0 Å². The Hall–Kier alpha value is -0.850. The summed E-state index contributed by atoms with van der Waals surface area (Å²) in [5, 5.41) is 0. The molecule has 1 fully saturated rings. The molecule has 1 aliphatic carbocycles. The predicted molar refractivity (Wildman–Crippen MR) is 68.9 cm³/mol. The Bertz CT molecular complexity index is 301. The van der Waals surface area contributed by atoms with Gasteiger partial charge in [0.05, 0.1) is 0 Å². The van der Waals surface area contributed by atoms with Gasteiger partial charge in [-0.3, -0.25) is 0 Å². The lowest BCUT2D eigenvalue weighted by Crippen LogP contribution is -2.24. The molecule has 0 saturated heterocycles. The zero-order valence-corrected chi connectivity index (χ0v) is 10.7. The predicted octanol–water partition coefficient (Wildman–Crippen LogP) is 5.19. The summed E-state index contributed by atoms with van der Waals surface area (Å²) in [6.07, 6.45) is 9.44. The number of rotatable bonds is 3. The van der Waals surface area contributed by atoms with E-state index in [-0.39, 0.29) is 11.2 Å². The Balaban J connectivity index is 2.76. The molecular weight excluding hydrogens is 199 g/mol. The van der Waals surface area contributed by atoms with Crippen LogP contribution in [0.5, 0.6) is 0 Å². The fourth-order valence-electron chi connectivity index (χ4n) is 2.34. The molecule has 1 rings (SSSR count). The maximum atomic E-state index is 13.4. The summed E-state index contributed by atoms with van der Waals surface area (Å²) >= 11 is 0. The maximum absolute atomic E-state index is 13.4. The van der Waals surface area contributed by atoms with Crippen LogP contribution in [0.15, 0.2) is 36.2 Å². The Morgan fingerprint density at radius 3 is 2.44 bits per heavy atom. The Morgan fingerprint density at radius 1 is 1.38 bits per heavy atom. The van der Waals surface area contributed by atoms with E-state index in [4.69, 9.17) is 0 Å². The zero-order chi connectivity index (χ0) is 12.2. The third-order valence-corrected chi connectivity index (χ3v) is 3.96. The molecule has 1 heteroatoms. The number of halogens is 1. The highest BCUT2D eigenvalue weighted by atomic mass is 19.1. The molecule has 90 valence electrons. The second-order valence-corrected chi connectivity index (χ2v) is 5.36. The van der Waals surface area contributed by atoms with E-state index in [1.54, 1.807) is 6.08 Å². The molecule has 0 aromatic heterocycles. The lowest BCUT2D eigenvalue weighted by Gasteiger charge is -2.37. The molecule has 0 N–H and O–H groups in total. The molecule has 0 bridgehead atoms. The number of hydrogen-bond acceptors (Lipinski definition) is 0. The number of hydrogen-bond donors (Lipinski definition) is 0. The fraction of sp³-hybridized carbons (Fsp3) is 0.600. The third-order valence-electron chi connectivity index (χ3n) is 3.96. The van der Waals surface area contributed by atoms with Crippen LogP contribution in [0.2, 0.25) is 0 Å². The van der Waals surface area contributed by atoms with Gasteiger partial charge in [0.25, 0.3) is 0 Å². The van der Waals surface area contributed by atoms with Crippen LogP contribution in [0, 0.1) is 11.3 Å². The van der Waals surface area contributed by atoms with Crippen molar-refractivity contribution >= 4 is 0 Å². The summed E-state index contributed by atoms with van der Waals surface area (Å²) < 4.78 is 13.4. The SMILES string of the molecule is C=C/C=C(F)\C=C(/C)C1(C)CCC(C)CC1. The highest BCUT2D eigenvalue weighted by Crippen LogP contribution is 2.43. The summed E-state index contributed by atoms with van der Waals surface area (Å²) in [4.78, 5) is 0. The molecule has 0 nitrogen and oxygen atoms in total. The van der Waals surface area contributed by atoms with Crippen LogP contribution in [0.3, 0.4) is 0 Å². The normalized spacial score (nSPS) is 32.6. The molecule has 1 aliphatic rings. The van der Waals surface area contributed by atoms with Crippen molar-refractivity contribution in [3.8, 4) is 0 Å². The zero-order valence-electron chi connectivity index (χ0n) is 10.7. The first-order valence-electron chi connectivity index (χ1n) is 6.15. The van der Waals surface area contributed by atoms with Crippen LogP contribution >= 0.6 is 0 Å². The van der Waals surface area contributed by atoms with Crippen molar-refractivity contribution in [1.82, 2.24) is 0 Å². The molecule has 0 atom stereocenters. The average molecular weight is 222 g/mol. The van der Waals surface area contributed by atoms with E-state index >= 15 is 0 Å². The van der Waals surface area contributed by atoms with Crippen molar-refractivity contribution in [2.75, 3.05) is 0 Å². The first kappa shape index (κ1) is 13.2. The molecule has 0 amide bonds. The monoisotopic (exact) mass is 222 g/mol. The van der Waals surface area contributed by atoms with Crippen LogP contribution in [-0.4, -0.2) is 0 Å². The van der Waals surface area contributed by atoms with Crippen molar-refractivity contribution in [3.63, 3.8) is 0 Å². The first-order chi connectivity index (χ1) is 7.48. The number of allylic oxidation sites excluding steroid dienone is 5. The van der Waals surface area contributed by atoms with Gasteiger partial charge in [-0.05, 0) is 56.1 Å². The van der Waals surface area contributed by atoms with Crippen LogP contribution < -0.4 is 0 Å². The van der Waals surface area contributed by atoms with Crippen LogP contribution in [-0.2, 0) is 0 Å². The standard InChI is InChI=1S/C15H23F/c1-5-6-14(16)11-13(3)15(4)9-7-12(2)8-10-15/h5-6,11-12H,1,7-10H2,2-4H3/b13-11+,14-6+. The topological polar surface area (TPSA) is 0 Å². The van der Waals surface area contributed by atoms with E-state index in [1.807, 2.05) is 6.92 Å². The van der Waals surface area contributed by atoms with Crippen LogP contribution in [0.25, 0.3) is 0 Å². The third kappa shape index (κ3) is 3.33. The quantitative estimate of drug-likeness (QED) is 0.576. The van der Waals surface area contributed by atoms with Gasteiger partial charge >= 0.3 is 0 Å². The van der Waals surface area contributed by atoms with Gasteiger partial charge in [0, 0.05) is 0 Å². The molecule has 16 heavy (non-hydrogen) atoms. The Kier molecular flexibility index (Phi) is 4.52. The average Bonchev–Trinajstić information content (AvgIpc) is 2.23. The van der Waals surface area contributed by atoms with Gasteiger partial charge in [-0.2, -0.15) is 0 Å². The minimum Gasteiger partial charge on any atom is -0.207 e. The van der Waals surface area contributed by atoms with Gasteiger partial charge in [0.2, 0.25) is 0 Å². The van der Waals surface area contributed by atoms with E-state index in [2.05, 4.69) is 20.4 Å². The molecule has 0 aliphatic heterocycles. The minimum absolute atomic E-state index is 0.188. The summed E-state index contributed by atoms with van der Waals surface area (Å²) in [7, 11) is 0. The highest BCUT2D eigenvalue weighted by Gasteiger charge is 2.30. The van der Waals surface area contributed by atoms with Gasteiger partial charge in [-0.25, -0.2) is 4.39 Å².